The van der Waals surface area contributed by atoms with Gasteiger partial charge in [0.25, 0.3) is 30.1 Å². The maximum atomic E-state index is 14.7. The lowest BCUT2D eigenvalue weighted by atomic mass is 10.1. The minimum Gasteiger partial charge on any atom is -0.215 e. The van der Waals surface area contributed by atoms with Crippen LogP contribution in [0.1, 0.15) is 238 Å². The van der Waals surface area contributed by atoms with Gasteiger partial charge in [-0.1, -0.05) is 154 Å². The highest BCUT2D eigenvalue weighted by atomic mass is 32.3. The molecule has 0 aromatic carbocycles. The number of nitrogens with zero attached hydrogens (tertiary/aromatic N) is 4. The molecule has 0 radical (unpaired) electrons. The molecule has 0 saturated heterocycles. The Kier molecular flexibility index (Phi) is 38.9. The molecule has 20 heteroatoms. The molecule has 0 aromatic rings. The van der Waals surface area contributed by atoms with Crippen LogP contribution in [-0.2, 0) is 40.1 Å². The summed E-state index contributed by atoms with van der Waals surface area (Å²) < 4.78 is 122. The lowest BCUT2D eigenvalue weighted by molar-refractivity contribution is 0.507. The third-order valence-electron chi connectivity index (χ3n) is 12.1. The molecule has 0 bridgehead atoms. The van der Waals surface area contributed by atoms with Crippen LogP contribution in [0.3, 0.4) is 0 Å². The van der Waals surface area contributed by atoms with E-state index in [1.807, 2.05) is 0 Å². The van der Waals surface area contributed by atoms with Crippen LogP contribution in [0, 0.1) is 45.3 Å². The van der Waals surface area contributed by atoms with Gasteiger partial charge in [0.15, 0.2) is 0 Å². The average Bonchev–Trinajstić information content (AvgIpc) is 3.28. The maximum absolute atomic E-state index is 14.7. The van der Waals surface area contributed by atoms with Gasteiger partial charge < -0.3 is 0 Å². The largest absolute Gasteiger partial charge is 0.330 e. The lowest BCUT2D eigenvalue weighted by Gasteiger charge is -2.36. The number of nitrogens with one attached hydrogen (secondary N) is 4. The Bertz CT molecular complexity index is 1730. The van der Waals surface area contributed by atoms with Crippen LogP contribution in [0.5, 0.6) is 0 Å². The van der Waals surface area contributed by atoms with Crippen LogP contribution in [0.25, 0.3) is 0 Å². The normalized spacial score (nSPS) is 12.9. The third kappa shape index (κ3) is 28.1. The molecule has 0 heterocycles. The highest BCUT2D eigenvalue weighted by molar-refractivity contribution is 8.25. The highest BCUT2D eigenvalue weighted by Gasteiger charge is 2.71. The zero-order valence-corrected chi connectivity index (χ0v) is 44.3. The van der Waals surface area contributed by atoms with E-state index in [-0.39, 0.29) is 45.4 Å². The molecule has 16 nitrogen and oxygen atoms in total. The van der Waals surface area contributed by atoms with Gasteiger partial charge in [-0.05, 0) is 58.3 Å². The van der Waals surface area contributed by atoms with Gasteiger partial charge in [-0.25, -0.2) is 52.6 Å². The molecule has 0 aliphatic carbocycles. The summed E-state index contributed by atoms with van der Waals surface area (Å²) in [4.78, 5) is 0. The van der Waals surface area contributed by atoms with Crippen LogP contribution in [-0.4, -0.2) is 68.5 Å². The summed E-state index contributed by atoms with van der Waals surface area (Å²) in [7, 11) is -21.5. The van der Waals surface area contributed by atoms with Crippen LogP contribution < -0.4 is 18.9 Å². The lowest BCUT2D eigenvalue weighted by Crippen LogP contribution is -2.70. The Balaban J connectivity index is 6.41. The minimum atomic E-state index is -5.53. The van der Waals surface area contributed by atoms with Crippen molar-refractivity contribution < 1.29 is 33.7 Å². The fourth-order valence-corrected chi connectivity index (χ4v) is 19.1. The van der Waals surface area contributed by atoms with Gasteiger partial charge in [-0.2, -0.15) is 21.0 Å². The molecule has 0 fully saturated rings. The Morgan fingerprint density at radius 3 is 0.701 bits per heavy atom. The quantitative estimate of drug-likeness (QED) is 0.0414. The second-order valence-electron chi connectivity index (χ2n) is 17.8. The first-order valence-corrected chi connectivity index (χ1v) is 31.6. The van der Waals surface area contributed by atoms with Crippen molar-refractivity contribution in [1.82, 2.24) is 18.9 Å². The van der Waals surface area contributed by atoms with E-state index in [1.165, 1.54) is 0 Å². The molecule has 4 N–H and O–H groups in total. The molecule has 0 aliphatic rings. The fourth-order valence-electron chi connectivity index (χ4n) is 8.10. The molecule has 0 spiro atoms. The van der Waals surface area contributed by atoms with Gasteiger partial charge in [-0.15, -0.1) is 0 Å². The summed E-state index contributed by atoms with van der Waals surface area (Å²) in [6.07, 6.45) is 27.0. The van der Waals surface area contributed by atoms with E-state index in [0.717, 1.165) is 161 Å². The maximum Gasteiger partial charge on any atom is 0.330 e. The Morgan fingerprint density at radius 1 is 0.313 bits per heavy atom. The third-order valence-corrected chi connectivity index (χ3v) is 23.5. The van der Waals surface area contributed by atoms with Crippen molar-refractivity contribution in [2.45, 2.75) is 247 Å². The summed E-state index contributed by atoms with van der Waals surface area (Å²) in [5.74, 6) is 0. The van der Waals surface area contributed by atoms with Crippen molar-refractivity contribution >= 4 is 40.1 Å². The number of rotatable bonds is 49. The van der Waals surface area contributed by atoms with E-state index in [1.54, 1.807) is 0 Å². The summed E-state index contributed by atoms with van der Waals surface area (Å²) in [6.45, 7) is -0.209. The van der Waals surface area contributed by atoms with Crippen molar-refractivity contribution in [2.24, 2.45) is 0 Å². The van der Waals surface area contributed by atoms with E-state index in [2.05, 4.69) is 43.2 Å². The van der Waals surface area contributed by atoms with E-state index in [4.69, 9.17) is 21.0 Å². The predicted octanol–water partition coefficient (Wildman–Crippen LogP) is 9.84. The van der Waals surface area contributed by atoms with Crippen molar-refractivity contribution in [2.75, 3.05) is 26.2 Å². The molecule has 1 atom stereocenters. The first kappa shape index (κ1) is 64.6. The van der Waals surface area contributed by atoms with Crippen LogP contribution in [0.2, 0.25) is 0 Å². The number of unbranched alkanes of at least 4 members (excludes halogenated alkanes) is 32. The SMILES string of the molecule is CC(C(S(=O)(=O)NCCCCCCCCCCC#N)(S(=O)(=O)NCCCCCCCCCCC#N)S(=O)(=O)NCCCCCCCCCCC#N)S(=O)(=O)NCCCCCCCCCCC#N. The average molecular weight is 1020 g/mol. The molecule has 388 valence electrons. The van der Waals surface area contributed by atoms with Gasteiger partial charge in [0.1, 0.15) is 5.25 Å². The number of hydrogen-bond acceptors (Lipinski definition) is 12. The Labute approximate surface area is 408 Å². The molecule has 0 saturated carbocycles. The number of nitriles is 4. The van der Waals surface area contributed by atoms with E-state index in [0.29, 0.717) is 57.8 Å². The highest BCUT2D eigenvalue weighted by Crippen LogP contribution is 2.37. The predicted molar refractivity (Wildman–Crippen MR) is 269 cm³/mol. The fraction of sp³-hybridized carbons (Fsp3) is 0.915. The zero-order valence-electron chi connectivity index (χ0n) is 41.0. The molecule has 0 amide bonds. The zero-order chi connectivity index (χ0) is 50.0. The van der Waals surface area contributed by atoms with Gasteiger partial charge in [0.05, 0.1) is 24.3 Å². The van der Waals surface area contributed by atoms with Crippen molar-refractivity contribution in [3.63, 3.8) is 0 Å². The Morgan fingerprint density at radius 2 is 0.493 bits per heavy atom. The second-order valence-corrected chi connectivity index (χ2v) is 26.5. The van der Waals surface area contributed by atoms with Crippen LogP contribution in [0.4, 0.5) is 0 Å². The van der Waals surface area contributed by atoms with Gasteiger partial charge in [-0.3, -0.25) is 0 Å². The molecule has 1 unspecified atom stereocenters. The van der Waals surface area contributed by atoms with Gasteiger partial charge in [0, 0.05) is 51.9 Å². The standard InChI is InChI=1S/C47H88N8O8S4/c1-46(64(56,57)52-42-34-26-18-10-2-6-14-22-30-38-48)47(65(58,59)53-43-35-27-19-11-3-7-15-23-31-39-49,66(60,61)54-44-36-28-20-12-4-8-16-24-32-40-50)67(62,63)55-45-37-29-21-13-5-9-17-25-33-41-51/h46,52-55H,2-37,42-45H2,1H3. The summed E-state index contributed by atoms with van der Waals surface area (Å²) in [5.41, 5.74) is 0. The van der Waals surface area contributed by atoms with Gasteiger partial charge >= 0.3 is 3.41 Å². The number of sulfonamides is 4. The molecular formula is C47H88N8O8S4. The van der Waals surface area contributed by atoms with Crippen LogP contribution >= 0.6 is 0 Å². The summed E-state index contributed by atoms with van der Waals surface area (Å²) in [6, 6.07) is 8.53. The van der Waals surface area contributed by atoms with Crippen LogP contribution in [0.15, 0.2) is 0 Å². The van der Waals surface area contributed by atoms with Crippen molar-refractivity contribution in [1.29, 1.82) is 21.0 Å². The second kappa shape index (κ2) is 40.3. The topological polar surface area (TPSA) is 280 Å². The van der Waals surface area contributed by atoms with E-state index < -0.39 is 48.8 Å². The molecule has 0 rings (SSSR count). The molecule has 0 aliphatic heterocycles. The molecule has 67 heavy (non-hydrogen) atoms. The Hall–Kier alpha value is -2.40. The summed E-state index contributed by atoms with van der Waals surface area (Å²) >= 11 is 0. The van der Waals surface area contributed by atoms with E-state index >= 15 is 0 Å². The first-order chi connectivity index (χ1) is 32.1. The van der Waals surface area contributed by atoms with Crippen molar-refractivity contribution in [3.8, 4) is 24.3 Å². The monoisotopic (exact) mass is 1020 g/mol. The first-order valence-electron chi connectivity index (χ1n) is 25.6. The minimum absolute atomic E-state index is 0.145. The van der Waals surface area contributed by atoms with E-state index in [9.17, 15) is 33.7 Å². The van der Waals surface area contributed by atoms with Crippen molar-refractivity contribution in [3.05, 3.63) is 0 Å². The number of hydrogen-bond donors (Lipinski definition) is 4. The molecule has 0 aromatic heterocycles. The molecular weight excluding hydrogens is 933 g/mol. The van der Waals surface area contributed by atoms with Gasteiger partial charge in [0.2, 0.25) is 10.0 Å². The summed E-state index contributed by atoms with van der Waals surface area (Å²) in [5, 5.41) is 32.4. The smallest absolute Gasteiger partial charge is 0.215 e.